The molecule has 2 rings (SSSR count). The molecular formula is C14H25N5O. The zero-order valence-corrected chi connectivity index (χ0v) is 12.4. The Kier molecular flexibility index (Phi) is 5.00. The van der Waals surface area contributed by atoms with Gasteiger partial charge in [-0.25, -0.2) is 0 Å². The van der Waals surface area contributed by atoms with Crippen molar-refractivity contribution >= 4 is 5.84 Å². The molecule has 0 aliphatic carbocycles. The molecule has 1 saturated heterocycles. The molecule has 3 N–H and O–H groups in total. The summed E-state index contributed by atoms with van der Waals surface area (Å²) in [6, 6.07) is 2.21. The van der Waals surface area contributed by atoms with Crippen LogP contribution in [0, 0.1) is 5.92 Å². The predicted molar refractivity (Wildman–Crippen MR) is 78.7 cm³/mol. The molecular weight excluding hydrogens is 254 g/mol. The van der Waals surface area contributed by atoms with Gasteiger partial charge in [0, 0.05) is 19.0 Å². The number of aryl methyl sites for hydroxylation is 2. The zero-order valence-electron chi connectivity index (χ0n) is 12.4. The van der Waals surface area contributed by atoms with E-state index in [0.717, 1.165) is 51.1 Å². The van der Waals surface area contributed by atoms with Crippen molar-refractivity contribution in [2.75, 3.05) is 13.1 Å². The molecule has 112 valence electrons. The van der Waals surface area contributed by atoms with E-state index in [1.165, 1.54) is 5.69 Å². The van der Waals surface area contributed by atoms with Crippen LogP contribution in [-0.4, -0.2) is 38.8 Å². The van der Waals surface area contributed by atoms with Crippen LogP contribution in [-0.2, 0) is 19.5 Å². The number of rotatable bonds is 5. The van der Waals surface area contributed by atoms with Crippen LogP contribution >= 0.6 is 0 Å². The molecule has 0 aromatic carbocycles. The van der Waals surface area contributed by atoms with Crippen LogP contribution in [0.15, 0.2) is 11.2 Å². The van der Waals surface area contributed by atoms with E-state index >= 15 is 0 Å². The summed E-state index contributed by atoms with van der Waals surface area (Å²) in [5.74, 6) is 0.593. The molecule has 0 saturated carbocycles. The predicted octanol–water partition coefficient (Wildman–Crippen LogP) is 1.42. The molecule has 6 heteroatoms. The first-order valence-corrected chi connectivity index (χ1v) is 7.43. The van der Waals surface area contributed by atoms with E-state index in [4.69, 9.17) is 10.9 Å². The summed E-state index contributed by atoms with van der Waals surface area (Å²) in [5, 5.41) is 16.4. The number of nitrogens with zero attached hydrogens (tertiary/aromatic N) is 4. The standard InChI is InChI=1S/C14H25N5O/c1-3-12-9-13(19(4-2)16-12)10-18-7-5-11(6-8-18)14(15)17-20/h9,11,20H,3-8,10H2,1-2H3,(H2,15,17). The summed E-state index contributed by atoms with van der Waals surface area (Å²) in [6.45, 7) is 8.07. The maximum Gasteiger partial charge on any atom is 0.142 e. The van der Waals surface area contributed by atoms with Gasteiger partial charge in [-0.05, 0) is 45.3 Å². The number of oxime groups is 1. The lowest BCUT2D eigenvalue weighted by Crippen LogP contribution is -2.38. The first kappa shape index (κ1) is 14.8. The summed E-state index contributed by atoms with van der Waals surface area (Å²) >= 11 is 0. The minimum Gasteiger partial charge on any atom is -0.409 e. The molecule has 0 amide bonds. The van der Waals surface area contributed by atoms with Crippen molar-refractivity contribution in [1.29, 1.82) is 0 Å². The van der Waals surface area contributed by atoms with Gasteiger partial charge in [0.1, 0.15) is 5.84 Å². The van der Waals surface area contributed by atoms with Crippen LogP contribution in [0.2, 0.25) is 0 Å². The fourth-order valence-electron chi connectivity index (χ4n) is 2.79. The third-order valence-corrected chi connectivity index (χ3v) is 4.08. The quantitative estimate of drug-likeness (QED) is 0.370. The molecule has 0 atom stereocenters. The third-order valence-electron chi connectivity index (χ3n) is 4.08. The average molecular weight is 279 g/mol. The van der Waals surface area contributed by atoms with Gasteiger partial charge < -0.3 is 10.9 Å². The van der Waals surface area contributed by atoms with E-state index in [0.29, 0.717) is 5.84 Å². The zero-order chi connectivity index (χ0) is 14.5. The number of aromatic nitrogens is 2. The Morgan fingerprint density at radius 3 is 2.70 bits per heavy atom. The van der Waals surface area contributed by atoms with E-state index in [1.54, 1.807) is 0 Å². The molecule has 0 unspecified atom stereocenters. The topological polar surface area (TPSA) is 79.7 Å². The van der Waals surface area contributed by atoms with Gasteiger partial charge in [0.25, 0.3) is 0 Å². The normalized spacial score (nSPS) is 18.6. The molecule has 2 heterocycles. The summed E-state index contributed by atoms with van der Waals surface area (Å²) in [6.07, 6.45) is 2.89. The maximum atomic E-state index is 8.72. The van der Waals surface area contributed by atoms with Crippen LogP contribution in [0.5, 0.6) is 0 Å². The van der Waals surface area contributed by atoms with Crippen molar-refractivity contribution in [2.24, 2.45) is 16.8 Å². The molecule has 0 radical (unpaired) electrons. The number of nitrogens with two attached hydrogens (primary N) is 1. The van der Waals surface area contributed by atoms with Gasteiger partial charge in [0.2, 0.25) is 0 Å². The number of hydrogen-bond acceptors (Lipinski definition) is 4. The van der Waals surface area contributed by atoms with Crippen molar-refractivity contribution in [2.45, 2.75) is 46.2 Å². The lowest BCUT2D eigenvalue weighted by Gasteiger charge is -2.31. The molecule has 20 heavy (non-hydrogen) atoms. The highest BCUT2D eigenvalue weighted by Gasteiger charge is 2.23. The SMILES string of the molecule is CCc1cc(CN2CCC(C(N)=NO)CC2)n(CC)n1. The molecule has 6 nitrogen and oxygen atoms in total. The molecule has 1 aliphatic rings. The summed E-state index contributed by atoms with van der Waals surface area (Å²) in [5.41, 5.74) is 8.12. The van der Waals surface area contributed by atoms with E-state index in [9.17, 15) is 0 Å². The number of piperidine rings is 1. The van der Waals surface area contributed by atoms with Gasteiger partial charge in [0.05, 0.1) is 11.4 Å². The largest absolute Gasteiger partial charge is 0.409 e. The van der Waals surface area contributed by atoms with E-state index in [2.05, 4.69) is 39.7 Å². The second-order valence-corrected chi connectivity index (χ2v) is 5.37. The van der Waals surface area contributed by atoms with E-state index in [-0.39, 0.29) is 5.92 Å². The summed E-state index contributed by atoms with van der Waals surface area (Å²) in [7, 11) is 0. The van der Waals surface area contributed by atoms with Crippen LogP contribution < -0.4 is 5.73 Å². The molecule has 0 bridgehead atoms. The first-order chi connectivity index (χ1) is 9.67. The Balaban J connectivity index is 1.94. The van der Waals surface area contributed by atoms with Gasteiger partial charge in [-0.1, -0.05) is 12.1 Å². The minimum absolute atomic E-state index is 0.221. The smallest absolute Gasteiger partial charge is 0.142 e. The Hall–Kier alpha value is -1.56. The van der Waals surface area contributed by atoms with Gasteiger partial charge in [-0.15, -0.1) is 0 Å². The van der Waals surface area contributed by atoms with Crippen LogP contribution in [0.25, 0.3) is 0 Å². The van der Waals surface area contributed by atoms with Crippen LogP contribution in [0.1, 0.15) is 38.1 Å². The highest BCUT2D eigenvalue weighted by molar-refractivity contribution is 5.82. The Bertz CT molecular complexity index is 460. The summed E-state index contributed by atoms with van der Waals surface area (Å²) < 4.78 is 2.09. The van der Waals surface area contributed by atoms with E-state index < -0.39 is 0 Å². The van der Waals surface area contributed by atoms with Crippen molar-refractivity contribution < 1.29 is 5.21 Å². The Labute approximate surface area is 120 Å². The van der Waals surface area contributed by atoms with E-state index in [1.807, 2.05) is 0 Å². The first-order valence-electron chi connectivity index (χ1n) is 7.43. The second-order valence-electron chi connectivity index (χ2n) is 5.37. The molecule has 1 aromatic heterocycles. The van der Waals surface area contributed by atoms with Gasteiger partial charge in [0.15, 0.2) is 0 Å². The molecule has 1 aliphatic heterocycles. The lowest BCUT2D eigenvalue weighted by atomic mass is 9.96. The maximum absolute atomic E-state index is 8.72. The fraction of sp³-hybridized carbons (Fsp3) is 0.714. The highest BCUT2D eigenvalue weighted by atomic mass is 16.4. The van der Waals surface area contributed by atoms with Crippen molar-refractivity contribution in [3.63, 3.8) is 0 Å². The van der Waals surface area contributed by atoms with Crippen LogP contribution in [0.3, 0.4) is 0 Å². The number of amidine groups is 1. The molecule has 0 spiro atoms. The number of likely N-dealkylation sites (tertiary alicyclic amines) is 1. The number of hydrogen-bond donors (Lipinski definition) is 2. The van der Waals surface area contributed by atoms with Gasteiger partial charge in [-0.2, -0.15) is 5.10 Å². The van der Waals surface area contributed by atoms with Gasteiger partial charge >= 0.3 is 0 Å². The Morgan fingerprint density at radius 1 is 1.45 bits per heavy atom. The van der Waals surface area contributed by atoms with Crippen molar-refractivity contribution in [3.8, 4) is 0 Å². The summed E-state index contributed by atoms with van der Waals surface area (Å²) in [4.78, 5) is 2.42. The monoisotopic (exact) mass is 279 g/mol. The lowest BCUT2D eigenvalue weighted by molar-refractivity contribution is 0.193. The fourth-order valence-corrected chi connectivity index (χ4v) is 2.79. The van der Waals surface area contributed by atoms with Crippen molar-refractivity contribution in [1.82, 2.24) is 14.7 Å². The molecule has 1 aromatic rings. The minimum atomic E-state index is 0.221. The van der Waals surface area contributed by atoms with Crippen molar-refractivity contribution in [3.05, 3.63) is 17.5 Å². The second kappa shape index (κ2) is 6.74. The molecule has 1 fully saturated rings. The average Bonchev–Trinajstić information content (AvgIpc) is 2.89. The van der Waals surface area contributed by atoms with Crippen LogP contribution in [0.4, 0.5) is 0 Å². The third kappa shape index (κ3) is 3.30. The highest BCUT2D eigenvalue weighted by Crippen LogP contribution is 2.19. The Morgan fingerprint density at radius 2 is 2.15 bits per heavy atom. The van der Waals surface area contributed by atoms with Gasteiger partial charge in [-0.3, -0.25) is 9.58 Å².